The highest BCUT2D eigenvalue weighted by atomic mass is 15.2. The molecule has 3 aromatic heterocycles. The van der Waals surface area contributed by atoms with E-state index < -0.39 is 0 Å². The molecule has 3 aromatic rings. The van der Waals surface area contributed by atoms with Gasteiger partial charge in [-0.15, -0.1) is 0 Å². The van der Waals surface area contributed by atoms with Crippen molar-refractivity contribution in [3.8, 4) is 11.3 Å². The first-order valence-corrected chi connectivity index (χ1v) is 4.95. The molecule has 0 saturated heterocycles. The first-order chi connectivity index (χ1) is 7.83. The van der Waals surface area contributed by atoms with Crippen molar-refractivity contribution in [1.29, 1.82) is 0 Å². The summed E-state index contributed by atoms with van der Waals surface area (Å²) in [6.45, 7) is 0. The van der Waals surface area contributed by atoms with Gasteiger partial charge in [0.25, 0.3) is 0 Å². The molecule has 0 aliphatic carbocycles. The summed E-state index contributed by atoms with van der Waals surface area (Å²) in [7, 11) is 1.89. The van der Waals surface area contributed by atoms with Crippen molar-refractivity contribution in [3.63, 3.8) is 0 Å². The standard InChI is InChI=1S/C12H9N4/c1-16-8-10(7-14-16)11-5-4-9-3-2-6-13-12(9)15-11/h2,4-8H,1H3. The van der Waals surface area contributed by atoms with Crippen molar-refractivity contribution in [2.75, 3.05) is 0 Å². The van der Waals surface area contributed by atoms with Gasteiger partial charge in [0, 0.05) is 30.4 Å². The fraction of sp³-hybridized carbons (Fsp3) is 0.0833. The van der Waals surface area contributed by atoms with Crippen molar-refractivity contribution >= 4 is 11.0 Å². The maximum Gasteiger partial charge on any atom is 0.160 e. The van der Waals surface area contributed by atoms with Crippen LogP contribution in [0.3, 0.4) is 0 Å². The predicted molar refractivity (Wildman–Crippen MR) is 60.6 cm³/mol. The summed E-state index contributed by atoms with van der Waals surface area (Å²) < 4.78 is 1.76. The van der Waals surface area contributed by atoms with Crippen molar-refractivity contribution in [1.82, 2.24) is 19.7 Å². The average Bonchev–Trinajstić information content (AvgIpc) is 2.75. The highest BCUT2D eigenvalue weighted by Gasteiger charge is 2.03. The normalized spacial score (nSPS) is 10.8. The minimum atomic E-state index is 0.712. The van der Waals surface area contributed by atoms with E-state index in [1.54, 1.807) is 23.1 Å². The van der Waals surface area contributed by atoms with E-state index in [-0.39, 0.29) is 0 Å². The van der Waals surface area contributed by atoms with E-state index in [1.165, 1.54) is 0 Å². The smallest absolute Gasteiger partial charge is 0.160 e. The highest BCUT2D eigenvalue weighted by Crippen LogP contribution is 2.18. The first-order valence-electron chi connectivity index (χ1n) is 4.95. The van der Waals surface area contributed by atoms with E-state index in [0.717, 1.165) is 16.6 Å². The van der Waals surface area contributed by atoms with Gasteiger partial charge in [-0.2, -0.15) is 5.10 Å². The lowest BCUT2D eigenvalue weighted by Gasteiger charge is -1.98. The van der Waals surface area contributed by atoms with E-state index in [1.807, 2.05) is 25.4 Å². The van der Waals surface area contributed by atoms with Crippen molar-refractivity contribution in [2.45, 2.75) is 0 Å². The molecule has 0 aliphatic heterocycles. The molecule has 0 aliphatic rings. The largest absolute Gasteiger partial charge is 0.275 e. The second-order valence-electron chi connectivity index (χ2n) is 3.56. The Morgan fingerprint density at radius 2 is 2.25 bits per heavy atom. The van der Waals surface area contributed by atoms with E-state index in [4.69, 9.17) is 0 Å². The highest BCUT2D eigenvalue weighted by molar-refractivity contribution is 5.77. The summed E-state index contributed by atoms with van der Waals surface area (Å²) in [4.78, 5) is 8.67. The van der Waals surface area contributed by atoms with Gasteiger partial charge in [0.1, 0.15) is 0 Å². The van der Waals surface area contributed by atoms with Gasteiger partial charge in [0.2, 0.25) is 0 Å². The molecule has 0 amide bonds. The fourth-order valence-electron chi connectivity index (χ4n) is 1.61. The third kappa shape index (κ3) is 1.44. The number of pyridine rings is 2. The van der Waals surface area contributed by atoms with Crippen molar-refractivity contribution < 1.29 is 0 Å². The van der Waals surface area contributed by atoms with E-state index >= 15 is 0 Å². The Bertz CT molecular complexity index is 642. The van der Waals surface area contributed by atoms with Crippen LogP contribution < -0.4 is 0 Å². The molecule has 0 fully saturated rings. The Morgan fingerprint density at radius 3 is 3.06 bits per heavy atom. The molecule has 0 bridgehead atoms. The Balaban J connectivity index is 2.18. The maximum atomic E-state index is 4.46. The zero-order valence-electron chi connectivity index (χ0n) is 8.75. The molecular weight excluding hydrogens is 200 g/mol. The number of rotatable bonds is 1. The Kier molecular flexibility index (Phi) is 1.93. The van der Waals surface area contributed by atoms with Gasteiger partial charge in [0.15, 0.2) is 5.65 Å². The monoisotopic (exact) mass is 209 g/mol. The van der Waals surface area contributed by atoms with Crippen molar-refractivity contribution in [3.05, 3.63) is 42.9 Å². The van der Waals surface area contributed by atoms with Gasteiger partial charge >= 0.3 is 0 Å². The lowest BCUT2D eigenvalue weighted by atomic mass is 10.2. The maximum absolute atomic E-state index is 4.46. The Labute approximate surface area is 92.6 Å². The SMILES string of the molecule is Cn1cc(-c2ccc3[c]ccnc3n2)cn1. The third-order valence-electron chi connectivity index (χ3n) is 2.39. The molecule has 16 heavy (non-hydrogen) atoms. The summed E-state index contributed by atoms with van der Waals surface area (Å²) in [5.41, 5.74) is 2.59. The Hall–Kier alpha value is -2.23. The van der Waals surface area contributed by atoms with Gasteiger partial charge in [-0.3, -0.25) is 4.68 Å². The zero-order chi connectivity index (χ0) is 11.0. The average molecular weight is 209 g/mol. The molecule has 3 heterocycles. The molecule has 0 atom stereocenters. The summed E-state index contributed by atoms with van der Waals surface area (Å²) in [6, 6.07) is 8.80. The van der Waals surface area contributed by atoms with Crippen molar-refractivity contribution in [2.24, 2.45) is 7.05 Å². The van der Waals surface area contributed by atoms with Crippen LogP contribution >= 0.6 is 0 Å². The molecule has 77 valence electrons. The lowest BCUT2D eigenvalue weighted by Crippen LogP contribution is -1.87. The summed E-state index contributed by atoms with van der Waals surface area (Å²) >= 11 is 0. The van der Waals surface area contributed by atoms with Crippen LogP contribution in [-0.2, 0) is 7.05 Å². The molecule has 4 nitrogen and oxygen atoms in total. The molecule has 0 aromatic carbocycles. The van der Waals surface area contributed by atoms with Gasteiger partial charge < -0.3 is 0 Å². The fourth-order valence-corrected chi connectivity index (χ4v) is 1.61. The number of nitrogens with zero attached hydrogens (tertiary/aromatic N) is 4. The van der Waals surface area contributed by atoms with Crippen LogP contribution in [0.15, 0.2) is 36.8 Å². The minimum Gasteiger partial charge on any atom is -0.275 e. The van der Waals surface area contributed by atoms with Gasteiger partial charge in [0.05, 0.1) is 11.9 Å². The number of aryl methyl sites for hydroxylation is 1. The van der Waals surface area contributed by atoms with E-state index in [9.17, 15) is 0 Å². The quantitative estimate of drug-likeness (QED) is 0.614. The van der Waals surface area contributed by atoms with Crippen LogP contribution in [0.2, 0.25) is 0 Å². The molecule has 3 rings (SSSR count). The lowest BCUT2D eigenvalue weighted by molar-refractivity contribution is 0.768. The van der Waals surface area contributed by atoms with Crippen LogP contribution in [-0.4, -0.2) is 19.7 Å². The molecule has 0 N–H and O–H groups in total. The van der Waals surface area contributed by atoms with E-state index in [2.05, 4.69) is 21.1 Å². The molecular formula is C12H9N4. The summed E-state index contributed by atoms with van der Waals surface area (Å²) in [5.74, 6) is 0. The molecule has 0 saturated carbocycles. The summed E-state index contributed by atoms with van der Waals surface area (Å²) in [6.07, 6.45) is 5.42. The van der Waals surface area contributed by atoms with Gasteiger partial charge in [-0.1, -0.05) is 0 Å². The molecule has 4 heteroatoms. The third-order valence-corrected chi connectivity index (χ3v) is 2.39. The van der Waals surface area contributed by atoms with E-state index in [0.29, 0.717) is 5.65 Å². The zero-order valence-corrected chi connectivity index (χ0v) is 8.75. The molecule has 1 radical (unpaired) electrons. The van der Waals surface area contributed by atoms with Gasteiger partial charge in [-0.25, -0.2) is 9.97 Å². The number of aromatic nitrogens is 4. The molecule has 0 unspecified atom stereocenters. The minimum absolute atomic E-state index is 0.712. The topological polar surface area (TPSA) is 43.6 Å². The number of hydrogen-bond acceptors (Lipinski definition) is 3. The van der Waals surface area contributed by atoms with Crippen LogP contribution in [0.1, 0.15) is 0 Å². The van der Waals surface area contributed by atoms with Crippen LogP contribution in [0.5, 0.6) is 0 Å². The predicted octanol–water partition coefficient (Wildman–Crippen LogP) is 1.83. The first kappa shape index (κ1) is 9.03. The second kappa shape index (κ2) is 3.41. The molecule has 0 spiro atoms. The Morgan fingerprint density at radius 1 is 1.31 bits per heavy atom. The van der Waals surface area contributed by atoms with Crippen LogP contribution in [0, 0.1) is 6.07 Å². The number of fused-ring (bicyclic) bond motifs is 1. The second-order valence-corrected chi connectivity index (χ2v) is 3.56. The van der Waals surface area contributed by atoms with Crippen LogP contribution in [0.25, 0.3) is 22.3 Å². The van der Waals surface area contributed by atoms with Gasteiger partial charge in [-0.05, 0) is 24.3 Å². The summed E-state index contributed by atoms with van der Waals surface area (Å²) in [5, 5.41) is 5.05. The van der Waals surface area contributed by atoms with Crippen LogP contribution in [0.4, 0.5) is 0 Å². The number of hydrogen-bond donors (Lipinski definition) is 0.